The maximum atomic E-state index is 11.9. The third-order valence-electron chi connectivity index (χ3n) is 5.81. The van der Waals surface area contributed by atoms with Gasteiger partial charge in [-0.15, -0.1) is 0 Å². The summed E-state index contributed by atoms with van der Waals surface area (Å²) in [5, 5.41) is 0. The van der Waals surface area contributed by atoms with Gasteiger partial charge in [0.15, 0.2) is 0 Å². The van der Waals surface area contributed by atoms with Crippen LogP contribution in [0, 0.1) is 13.0 Å². The summed E-state index contributed by atoms with van der Waals surface area (Å²) in [7, 11) is -3.35. The molecule has 0 spiro atoms. The summed E-state index contributed by atoms with van der Waals surface area (Å²) in [5.41, 5.74) is 1.26. The second-order valence-electron chi connectivity index (χ2n) is 7.92. The van der Waals surface area contributed by atoms with Gasteiger partial charge >= 0.3 is 0 Å². The fourth-order valence-electron chi connectivity index (χ4n) is 4.42. The van der Waals surface area contributed by atoms with Crippen molar-refractivity contribution >= 4 is 15.9 Å². The van der Waals surface area contributed by atoms with E-state index >= 15 is 0 Å². The largest absolute Gasteiger partial charge is 0.376 e. The van der Waals surface area contributed by atoms with Crippen LogP contribution in [-0.2, 0) is 52.3 Å². The summed E-state index contributed by atoms with van der Waals surface area (Å²) in [6.45, 7) is 4.46. The van der Waals surface area contributed by atoms with Crippen LogP contribution in [0.25, 0.3) is 0 Å². The monoisotopic (exact) mass is 495 g/mol. The number of carbonyl (C=O) groups is 1. The first kappa shape index (κ1) is 24.8. The quantitative estimate of drug-likeness (QED) is 0.615. The van der Waals surface area contributed by atoms with Gasteiger partial charge in [0.05, 0.1) is 30.9 Å². The van der Waals surface area contributed by atoms with Gasteiger partial charge in [0.2, 0.25) is 10.0 Å². The van der Waals surface area contributed by atoms with Crippen molar-refractivity contribution in [2.24, 2.45) is 0 Å². The number of sulfonamides is 1. The predicted octanol–water partition coefficient (Wildman–Crippen LogP) is 2.27. The molecule has 159 valence electrons. The van der Waals surface area contributed by atoms with Crippen molar-refractivity contribution in [3.8, 4) is 0 Å². The number of amides is 1. The van der Waals surface area contributed by atoms with Crippen molar-refractivity contribution in [1.82, 2.24) is 9.62 Å². The summed E-state index contributed by atoms with van der Waals surface area (Å²) >= 11 is 0. The molecule has 0 unspecified atom stereocenters. The van der Waals surface area contributed by atoms with E-state index in [1.54, 1.807) is 4.90 Å². The molecule has 1 amide bonds. The number of nitrogens with zero attached hydrogens (tertiary/aromatic N) is 1. The van der Waals surface area contributed by atoms with Gasteiger partial charge in [-0.05, 0) is 44.4 Å². The number of piperidine rings is 1. The van der Waals surface area contributed by atoms with Gasteiger partial charge in [-0.2, -0.15) is 35.9 Å². The van der Waals surface area contributed by atoms with E-state index < -0.39 is 10.0 Å². The Labute approximate surface area is 200 Å². The number of ether oxygens (including phenoxy) is 1. The van der Waals surface area contributed by atoms with Crippen LogP contribution in [0.1, 0.15) is 50.0 Å². The van der Waals surface area contributed by atoms with Crippen LogP contribution in [0.15, 0.2) is 24.3 Å². The summed E-state index contributed by atoms with van der Waals surface area (Å²) in [6.07, 6.45) is 6.77. The number of hydrogen-bond donors (Lipinski definition) is 1. The molecule has 3 rings (SSSR count). The van der Waals surface area contributed by atoms with E-state index in [4.69, 9.17) is 4.74 Å². The Morgan fingerprint density at radius 2 is 2.00 bits per heavy atom. The maximum Gasteiger partial charge on any atom is 0.209 e. The number of carbonyl (C=O) groups excluding carboxylic acids is 1. The van der Waals surface area contributed by atoms with Gasteiger partial charge in [-0.25, -0.2) is 13.1 Å². The van der Waals surface area contributed by atoms with Gasteiger partial charge in [0.1, 0.15) is 0 Å². The molecular weight excluding hydrogens is 465 g/mol. The minimum Gasteiger partial charge on any atom is -0.376 e. The van der Waals surface area contributed by atoms with Crippen molar-refractivity contribution in [2.45, 2.75) is 62.6 Å². The van der Waals surface area contributed by atoms with E-state index in [1.807, 2.05) is 12.1 Å². The molecule has 1 aromatic carbocycles. The summed E-state index contributed by atoms with van der Waals surface area (Å²) in [6, 6.07) is 10.8. The molecule has 1 radical (unpaired) electrons. The zero-order valence-corrected chi connectivity index (χ0v) is 20.7. The van der Waals surface area contributed by atoms with Crippen LogP contribution < -0.4 is 4.72 Å². The Hall–Kier alpha value is -0.466. The second-order valence-corrected chi connectivity index (χ2v) is 9.70. The summed E-state index contributed by atoms with van der Waals surface area (Å²) < 4.78 is 32.3. The Balaban J connectivity index is 0.00000300. The number of benzene rings is 1. The first-order chi connectivity index (χ1) is 13.3. The van der Waals surface area contributed by atoms with E-state index in [0.717, 1.165) is 38.4 Å². The molecule has 1 saturated carbocycles. The summed E-state index contributed by atoms with van der Waals surface area (Å²) in [5.74, 6) is 0.241. The Kier molecular flexibility index (Phi) is 9.61. The molecule has 6 nitrogen and oxygen atoms in total. The average molecular weight is 495 g/mol. The first-order valence-corrected chi connectivity index (χ1v) is 11.9. The minimum absolute atomic E-state index is 0. The molecule has 1 N–H and O–H groups in total. The van der Waals surface area contributed by atoms with Gasteiger partial charge in [-0.1, -0.05) is 0 Å². The Bertz CT molecular complexity index is 751. The molecule has 8 heteroatoms. The van der Waals surface area contributed by atoms with Crippen molar-refractivity contribution in [2.75, 3.05) is 19.4 Å². The fraction of sp³-hybridized carbons (Fsp3) is 0.619. The van der Waals surface area contributed by atoms with E-state index in [1.165, 1.54) is 5.56 Å². The SMILES string of the molecule is [CH2-]C(=O)N1CCC[C@H](NS(C)(=O)=O)[C@@H]1COC1CCC(c2[c-]cccc2)CC1.[Y]. The zero-order valence-electron chi connectivity index (χ0n) is 17.0. The van der Waals surface area contributed by atoms with Crippen molar-refractivity contribution in [3.63, 3.8) is 0 Å². The molecule has 1 aliphatic carbocycles. The van der Waals surface area contributed by atoms with E-state index in [2.05, 4.69) is 29.8 Å². The van der Waals surface area contributed by atoms with Crippen molar-refractivity contribution in [1.29, 1.82) is 0 Å². The van der Waals surface area contributed by atoms with Gasteiger partial charge in [0.25, 0.3) is 0 Å². The van der Waals surface area contributed by atoms with Crippen LogP contribution in [-0.4, -0.2) is 56.8 Å². The van der Waals surface area contributed by atoms with Crippen molar-refractivity contribution < 1.29 is 50.7 Å². The van der Waals surface area contributed by atoms with E-state index in [-0.39, 0.29) is 56.8 Å². The average Bonchev–Trinajstić information content (AvgIpc) is 2.66. The molecule has 1 aliphatic heterocycles. The van der Waals surface area contributed by atoms with Crippen LogP contribution in [0.4, 0.5) is 0 Å². The Morgan fingerprint density at radius 1 is 1.28 bits per heavy atom. The number of hydrogen-bond acceptors (Lipinski definition) is 4. The predicted molar refractivity (Wildman–Crippen MR) is 108 cm³/mol. The topological polar surface area (TPSA) is 75.7 Å². The van der Waals surface area contributed by atoms with E-state index in [0.29, 0.717) is 25.5 Å². The standard InChI is InChI=1S/C21H30N2O4S.Y/c1-16(24)23-14-6-9-20(22-28(2,25)26)21(23)15-27-19-12-10-18(11-13-19)17-7-4-3-5-8-17;/h3-5,7,18-22H,1,6,9-15H2,2H3;/q-2;/t18?,19?,20-,21-;/m0./s1. The molecule has 29 heavy (non-hydrogen) atoms. The number of likely N-dealkylation sites (tertiary alicyclic amines) is 1. The fourth-order valence-corrected chi connectivity index (χ4v) is 5.25. The molecule has 0 bridgehead atoms. The smallest absolute Gasteiger partial charge is 0.209 e. The van der Waals surface area contributed by atoms with Gasteiger partial charge in [-0.3, -0.25) is 0 Å². The molecule has 1 saturated heterocycles. The number of nitrogens with one attached hydrogen (secondary N) is 1. The summed E-state index contributed by atoms with van der Waals surface area (Å²) in [4.78, 5) is 13.6. The zero-order chi connectivity index (χ0) is 20.1. The normalized spacial score (nSPS) is 27.8. The first-order valence-electron chi connectivity index (χ1n) is 10.0. The molecule has 2 fully saturated rings. The maximum absolute atomic E-state index is 11.9. The molecule has 0 aromatic heterocycles. The van der Waals surface area contributed by atoms with E-state index in [9.17, 15) is 13.2 Å². The second kappa shape index (κ2) is 11.2. The van der Waals surface area contributed by atoms with Crippen LogP contribution >= 0.6 is 0 Å². The third-order valence-corrected chi connectivity index (χ3v) is 6.55. The van der Waals surface area contributed by atoms with Crippen LogP contribution in [0.5, 0.6) is 0 Å². The van der Waals surface area contributed by atoms with Gasteiger partial charge < -0.3 is 21.4 Å². The Morgan fingerprint density at radius 3 is 2.59 bits per heavy atom. The number of rotatable bonds is 6. The van der Waals surface area contributed by atoms with Crippen LogP contribution in [0.3, 0.4) is 0 Å². The molecule has 1 heterocycles. The van der Waals surface area contributed by atoms with Crippen molar-refractivity contribution in [3.05, 3.63) is 42.8 Å². The minimum atomic E-state index is -3.35. The van der Waals surface area contributed by atoms with Gasteiger partial charge in [0, 0.05) is 45.3 Å². The molecule has 2 aliphatic rings. The molecular formula is C21H30N2O4SY-2. The molecule has 1 aromatic rings. The molecule has 2 atom stereocenters. The van der Waals surface area contributed by atoms with Crippen LogP contribution in [0.2, 0.25) is 0 Å². The third kappa shape index (κ3) is 7.32.